The number of Topliss-reactive ketones (excluding diaryl/α,β-unsaturated/α-hetero) is 1. The first kappa shape index (κ1) is 20.1. The van der Waals surface area contributed by atoms with Crippen LogP contribution < -0.4 is 0 Å². The van der Waals surface area contributed by atoms with Crippen LogP contribution in [0.15, 0.2) is 11.1 Å². The normalized spacial score (nSPS) is 28.3. The number of carbonyl (C=O) groups is 3. The number of fused-ring (bicyclic) bond motifs is 1. The van der Waals surface area contributed by atoms with E-state index >= 15 is 0 Å². The Kier molecular flexibility index (Phi) is 6.15. The van der Waals surface area contributed by atoms with Crippen molar-refractivity contribution in [2.75, 3.05) is 13.2 Å². The summed E-state index contributed by atoms with van der Waals surface area (Å²) in [5, 5.41) is 11.4. The number of nitro groups is 1. The van der Waals surface area contributed by atoms with Gasteiger partial charge in [-0.25, -0.2) is 0 Å². The molecular weight excluding hydrogens is 342 g/mol. The topological polar surface area (TPSA) is 113 Å². The first-order valence-corrected chi connectivity index (χ1v) is 8.99. The highest BCUT2D eigenvalue weighted by Crippen LogP contribution is 2.48. The Morgan fingerprint density at radius 1 is 1.23 bits per heavy atom. The van der Waals surface area contributed by atoms with E-state index in [-0.39, 0.29) is 24.6 Å². The number of hydrogen-bond donors (Lipinski definition) is 0. The lowest BCUT2D eigenvalue weighted by Gasteiger charge is -2.40. The molecule has 1 fully saturated rings. The molecule has 0 bridgehead atoms. The van der Waals surface area contributed by atoms with E-state index in [1.165, 1.54) is 0 Å². The maximum Gasteiger partial charge on any atom is 0.320 e. The van der Waals surface area contributed by atoms with Crippen LogP contribution >= 0.6 is 0 Å². The first-order chi connectivity index (χ1) is 12.3. The number of hydrogen-bond acceptors (Lipinski definition) is 7. The molecule has 0 unspecified atom stereocenters. The molecule has 8 heteroatoms. The molecule has 0 radical (unpaired) electrons. The van der Waals surface area contributed by atoms with Gasteiger partial charge in [0.25, 0.3) is 0 Å². The zero-order valence-corrected chi connectivity index (χ0v) is 15.4. The summed E-state index contributed by atoms with van der Waals surface area (Å²) in [5.74, 6) is -2.42. The van der Waals surface area contributed by atoms with Crippen molar-refractivity contribution in [3.63, 3.8) is 0 Å². The van der Waals surface area contributed by atoms with Crippen molar-refractivity contribution in [2.45, 2.75) is 58.9 Å². The first-order valence-electron chi connectivity index (χ1n) is 8.99. The predicted molar refractivity (Wildman–Crippen MR) is 90.8 cm³/mol. The molecule has 0 aromatic heterocycles. The summed E-state index contributed by atoms with van der Waals surface area (Å²) in [6.07, 6.45) is 0.759. The molecule has 0 aliphatic heterocycles. The fourth-order valence-corrected chi connectivity index (χ4v) is 4.10. The summed E-state index contributed by atoms with van der Waals surface area (Å²) in [4.78, 5) is 49.1. The van der Waals surface area contributed by atoms with Crippen LogP contribution in [-0.2, 0) is 23.9 Å². The number of nitrogens with zero attached hydrogens (tertiary/aromatic N) is 1. The second kappa shape index (κ2) is 7.97. The fourth-order valence-electron chi connectivity index (χ4n) is 4.10. The van der Waals surface area contributed by atoms with E-state index in [2.05, 4.69) is 0 Å². The molecule has 2 aliphatic rings. The molecule has 0 aromatic rings. The van der Waals surface area contributed by atoms with Crippen molar-refractivity contribution in [3.8, 4) is 0 Å². The highest BCUT2D eigenvalue weighted by molar-refractivity contribution is 6.15. The van der Waals surface area contributed by atoms with Crippen molar-refractivity contribution in [3.05, 3.63) is 21.3 Å². The molecule has 8 nitrogen and oxygen atoms in total. The average molecular weight is 367 g/mol. The van der Waals surface area contributed by atoms with Gasteiger partial charge in [0.2, 0.25) is 6.04 Å². The Balaban J connectivity index is 2.45. The zero-order chi connectivity index (χ0) is 19.5. The molecule has 0 spiro atoms. The van der Waals surface area contributed by atoms with Crippen molar-refractivity contribution < 1.29 is 28.8 Å². The van der Waals surface area contributed by atoms with Gasteiger partial charge in [0, 0.05) is 16.9 Å². The summed E-state index contributed by atoms with van der Waals surface area (Å²) in [7, 11) is 0. The van der Waals surface area contributed by atoms with Gasteiger partial charge in [0.1, 0.15) is 5.41 Å². The Morgan fingerprint density at radius 3 is 2.46 bits per heavy atom. The van der Waals surface area contributed by atoms with Crippen LogP contribution in [0.3, 0.4) is 0 Å². The predicted octanol–water partition coefficient (Wildman–Crippen LogP) is 2.22. The van der Waals surface area contributed by atoms with Crippen LogP contribution in [-0.4, -0.2) is 41.9 Å². The standard InChI is InChI=1S/C18H25NO7/c1-4-25-14(20)10-18(17(22)26-5-2)9-8-12-13(19(23)24)7-6-11(3)15(12)16(18)21/h12-13H,4-10H2,1-3H3/t12-,13+,18+/m0/s1. The highest BCUT2D eigenvalue weighted by Gasteiger charge is 2.57. The van der Waals surface area contributed by atoms with E-state index in [0.29, 0.717) is 24.8 Å². The molecule has 0 saturated heterocycles. The van der Waals surface area contributed by atoms with Crippen LogP contribution in [0.5, 0.6) is 0 Å². The van der Waals surface area contributed by atoms with Crippen molar-refractivity contribution >= 4 is 17.7 Å². The van der Waals surface area contributed by atoms with E-state index in [9.17, 15) is 24.5 Å². The average Bonchev–Trinajstić information content (AvgIpc) is 2.57. The third-order valence-electron chi connectivity index (χ3n) is 5.36. The lowest BCUT2D eigenvalue weighted by molar-refractivity contribution is -0.532. The third kappa shape index (κ3) is 3.50. The van der Waals surface area contributed by atoms with Crippen LogP contribution in [0.1, 0.15) is 52.9 Å². The second-order valence-electron chi connectivity index (χ2n) is 6.84. The fraction of sp³-hybridized carbons (Fsp3) is 0.722. The SMILES string of the molecule is CCOC(=O)C[C@]1(C(=O)OCC)CC[C@@H]2C(=C(C)CC[C@H]2[N+](=O)[O-])C1=O. The van der Waals surface area contributed by atoms with Gasteiger partial charge in [-0.1, -0.05) is 5.57 Å². The minimum atomic E-state index is -1.64. The number of esters is 2. The molecule has 144 valence electrons. The van der Waals surface area contributed by atoms with Crippen LogP contribution in [0, 0.1) is 21.4 Å². The Bertz CT molecular complexity index is 654. The smallest absolute Gasteiger partial charge is 0.320 e. The van der Waals surface area contributed by atoms with Crippen LogP contribution in [0.25, 0.3) is 0 Å². The Morgan fingerprint density at radius 2 is 1.88 bits per heavy atom. The molecule has 2 rings (SSSR count). The summed E-state index contributed by atoms with van der Waals surface area (Å²) in [6.45, 7) is 5.25. The van der Waals surface area contributed by atoms with Gasteiger partial charge < -0.3 is 9.47 Å². The second-order valence-corrected chi connectivity index (χ2v) is 6.84. The van der Waals surface area contributed by atoms with Gasteiger partial charge in [0.15, 0.2) is 5.78 Å². The van der Waals surface area contributed by atoms with Crippen LogP contribution in [0.2, 0.25) is 0 Å². The summed E-state index contributed by atoms with van der Waals surface area (Å²) >= 11 is 0. The zero-order valence-electron chi connectivity index (χ0n) is 15.4. The van der Waals surface area contributed by atoms with Gasteiger partial charge in [-0.2, -0.15) is 0 Å². The monoisotopic (exact) mass is 367 g/mol. The number of ether oxygens (including phenoxy) is 2. The van der Waals surface area contributed by atoms with Crippen molar-refractivity contribution in [1.82, 2.24) is 0 Å². The molecule has 26 heavy (non-hydrogen) atoms. The Labute approximate surface area is 152 Å². The number of rotatable bonds is 6. The maximum absolute atomic E-state index is 13.3. The summed E-state index contributed by atoms with van der Waals surface area (Å²) in [6, 6.07) is -0.833. The van der Waals surface area contributed by atoms with Crippen molar-refractivity contribution in [1.29, 1.82) is 0 Å². The third-order valence-corrected chi connectivity index (χ3v) is 5.36. The number of ketones is 1. The van der Waals surface area contributed by atoms with Crippen LogP contribution in [0.4, 0.5) is 0 Å². The lowest BCUT2D eigenvalue weighted by atomic mass is 9.60. The molecule has 1 saturated carbocycles. The van der Waals surface area contributed by atoms with E-state index in [4.69, 9.17) is 9.47 Å². The van der Waals surface area contributed by atoms with Gasteiger partial charge in [0.05, 0.1) is 25.6 Å². The van der Waals surface area contributed by atoms with E-state index in [1.54, 1.807) is 20.8 Å². The molecule has 0 aromatic carbocycles. The minimum Gasteiger partial charge on any atom is -0.466 e. The quantitative estimate of drug-likeness (QED) is 0.306. The van der Waals surface area contributed by atoms with Crippen molar-refractivity contribution in [2.24, 2.45) is 11.3 Å². The largest absolute Gasteiger partial charge is 0.466 e. The molecular formula is C18H25NO7. The van der Waals surface area contributed by atoms with Gasteiger partial charge >= 0.3 is 11.9 Å². The summed E-state index contributed by atoms with van der Waals surface area (Å²) < 4.78 is 10.0. The van der Waals surface area contributed by atoms with E-state index in [1.807, 2.05) is 0 Å². The number of carbonyl (C=O) groups excluding carboxylic acids is 3. The molecule has 3 atom stereocenters. The maximum atomic E-state index is 13.3. The van der Waals surface area contributed by atoms with Gasteiger partial charge in [-0.15, -0.1) is 0 Å². The van der Waals surface area contributed by atoms with Gasteiger partial charge in [-0.3, -0.25) is 24.5 Å². The molecule has 2 aliphatic carbocycles. The molecule has 0 N–H and O–H groups in total. The van der Waals surface area contributed by atoms with Gasteiger partial charge in [-0.05, 0) is 40.0 Å². The highest BCUT2D eigenvalue weighted by atomic mass is 16.6. The number of allylic oxidation sites excluding steroid dienone is 1. The summed E-state index contributed by atoms with van der Waals surface area (Å²) in [5.41, 5.74) is -0.551. The molecule has 0 heterocycles. The Hall–Kier alpha value is -2.25. The van der Waals surface area contributed by atoms with E-state index < -0.39 is 41.5 Å². The minimum absolute atomic E-state index is 0.0509. The molecule has 0 amide bonds. The lowest BCUT2D eigenvalue weighted by Crippen LogP contribution is -2.51. The van der Waals surface area contributed by atoms with E-state index in [0.717, 1.165) is 5.57 Å².